The maximum Gasteiger partial charge on any atom is 0.283 e. The highest BCUT2D eigenvalue weighted by atomic mass is 35.5. The van der Waals surface area contributed by atoms with Gasteiger partial charge in [0.1, 0.15) is 5.56 Å². The van der Waals surface area contributed by atoms with Gasteiger partial charge in [-0.3, -0.25) is 10.1 Å². The second-order valence-corrected chi connectivity index (χ2v) is 3.26. The van der Waals surface area contributed by atoms with Crippen LogP contribution < -0.4 is 5.73 Å². The maximum absolute atomic E-state index is 10.8. The molecule has 1 aromatic heterocycles. The third-order valence-electron chi connectivity index (χ3n) is 1.84. The zero-order valence-electron chi connectivity index (χ0n) is 7.75. The van der Waals surface area contributed by atoms with E-state index in [1.165, 1.54) is 18.2 Å². The smallest absolute Gasteiger partial charge is 0.283 e. The first-order chi connectivity index (χ1) is 7.59. The molecule has 82 valence electrons. The lowest BCUT2D eigenvalue weighted by atomic mass is 10.2. The lowest BCUT2D eigenvalue weighted by Gasteiger charge is -1.99. The van der Waals surface area contributed by atoms with Crippen LogP contribution in [0.25, 0.3) is 11.5 Å². The second kappa shape index (κ2) is 3.78. The molecule has 0 aliphatic carbocycles. The second-order valence-electron chi connectivity index (χ2n) is 2.85. The van der Waals surface area contributed by atoms with E-state index in [0.29, 0.717) is 0 Å². The maximum atomic E-state index is 10.8. The summed E-state index contributed by atoms with van der Waals surface area (Å²) in [5.41, 5.74) is 5.12. The molecule has 0 spiro atoms. The molecule has 2 rings (SSSR count). The molecule has 7 nitrogen and oxygen atoms in total. The molecule has 0 saturated carbocycles. The number of nitrogens with zero attached hydrogens (tertiary/aromatic N) is 3. The Labute approximate surface area is 94.0 Å². The standard InChI is InChI=1S/C8H5ClN4O3/c9-4-2-1-3-5(13(14)15)6(4)7-11-8(10)12-16-7/h1-3H,(H2,10,12). The van der Waals surface area contributed by atoms with E-state index >= 15 is 0 Å². The van der Waals surface area contributed by atoms with Crippen molar-refractivity contribution in [1.29, 1.82) is 0 Å². The minimum absolute atomic E-state index is 0.0679. The topological polar surface area (TPSA) is 108 Å². The number of anilines is 1. The summed E-state index contributed by atoms with van der Waals surface area (Å²) in [6, 6.07) is 4.25. The van der Waals surface area contributed by atoms with Crippen LogP contribution in [0.1, 0.15) is 0 Å². The van der Waals surface area contributed by atoms with Crippen molar-refractivity contribution in [2.45, 2.75) is 0 Å². The Morgan fingerprint density at radius 3 is 2.81 bits per heavy atom. The Bertz CT molecular complexity index is 554. The molecule has 8 heteroatoms. The number of nitro groups is 1. The van der Waals surface area contributed by atoms with E-state index in [9.17, 15) is 10.1 Å². The van der Waals surface area contributed by atoms with E-state index in [2.05, 4.69) is 10.1 Å². The van der Waals surface area contributed by atoms with Gasteiger partial charge < -0.3 is 10.3 Å². The number of hydrogen-bond acceptors (Lipinski definition) is 6. The number of nitrogen functional groups attached to an aromatic ring is 1. The zero-order valence-corrected chi connectivity index (χ0v) is 8.51. The minimum Gasteiger partial charge on any atom is -0.365 e. The van der Waals surface area contributed by atoms with Gasteiger partial charge in [0.2, 0.25) is 0 Å². The summed E-state index contributed by atoms with van der Waals surface area (Å²) < 4.78 is 4.75. The number of rotatable bonds is 2. The largest absolute Gasteiger partial charge is 0.365 e. The average molecular weight is 241 g/mol. The number of nitrogens with two attached hydrogens (primary N) is 1. The van der Waals surface area contributed by atoms with Crippen molar-refractivity contribution in [1.82, 2.24) is 10.1 Å². The van der Waals surface area contributed by atoms with Gasteiger partial charge in [-0.15, -0.1) is 0 Å². The number of halogens is 1. The van der Waals surface area contributed by atoms with Crippen molar-refractivity contribution in [2.24, 2.45) is 0 Å². The summed E-state index contributed by atoms with van der Waals surface area (Å²) in [5.74, 6) is -0.181. The molecule has 0 fully saturated rings. The Morgan fingerprint density at radius 2 is 2.25 bits per heavy atom. The van der Waals surface area contributed by atoms with Crippen molar-refractivity contribution >= 4 is 23.2 Å². The molecule has 2 aromatic rings. The van der Waals surface area contributed by atoms with E-state index in [1.807, 2.05) is 0 Å². The first-order valence-electron chi connectivity index (χ1n) is 4.12. The summed E-state index contributed by atoms with van der Waals surface area (Å²) in [5, 5.41) is 14.3. The van der Waals surface area contributed by atoms with Crippen LogP contribution in [0.15, 0.2) is 22.7 Å². The van der Waals surface area contributed by atoms with Gasteiger partial charge in [-0.05, 0) is 11.2 Å². The van der Waals surface area contributed by atoms with Gasteiger partial charge in [-0.25, -0.2) is 0 Å². The van der Waals surface area contributed by atoms with Crippen LogP contribution >= 0.6 is 11.6 Å². The summed E-state index contributed by atoms with van der Waals surface area (Å²) >= 11 is 5.84. The van der Waals surface area contributed by atoms with Gasteiger partial charge >= 0.3 is 0 Å². The molecule has 0 atom stereocenters. The van der Waals surface area contributed by atoms with Gasteiger partial charge in [-0.1, -0.05) is 17.7 Å². The fraction of sp³-hybridized carbons (Fsp3) is 0. The van der Waals surface area contributed by atoms with Gasteiger partial charge in [0, 0.05) is 6.07 Å². The molecular formula is C8H5ClN4O3. The fourth-order valence-corrected chi connectivity index (χ4v) is 1.46. The third-order valence-corrected chi connectivity index (χ3v) is 2.16. The highest BCUT2D eigenvalue weighted by Crippen LogP contribution is 2.35. The number of benzene rings is 1. The van der Waals surface area contributed by atoms with Crippen molar-refractivity contribution in [3.05, 3.63) is 33.3 Å². The molecule has 0 unspecified atom stereocenters. The van der Waals surface area contributed by atoms with Crippen LogP contribution in [0, 0.1) is 10.1 Å². The highest BCUT2D eigenvalue weighted by Gasteiger charge is 2.23. The first-order valence-corrected chi connectivity index (χ1v) is 4.50. The summed E-state index contributed by atoms with van der Waals surface area (Å²) in [6.07, 6.45) is 0. The molecule has 0 radical (unpaired) electrons. The fourth-order valence-electron chi connectivity index (χ4n) is 1.21. The molecule has 0 amide bonds. The van der Waals surface area contributed by atoms with Crippen LogP contribution in [0.2, 0.25) is 5.02 Å². The van der Waals surface area contributed by atoms with Crippen LogP contribution in [0.3, 0.4) is 0 Å². The molecule has 0 aliphatic rings. The van der Waals surface area contributed by atoms with E-state index in [-0.39, 0.29) is 28.1 Å². The monoisotopic (exact) mass is 240 g/mol. The van der Waals surface area contributed by atoms with Crippen LogP contribution in [0.5, 0.6) is 0 Å². The quantitative estimate of drug-likeness (QED) is 0.634. The Balaban J connectivity index is 2.67. The van der Waals surface area contributed by atoms with E-state index < -0.39 is 4.92 Å². The minimum atomic E-state index is -0.582. The SMILES string of the molecule is Nc1noc(-c2c(Cl)cccc2[N+](=O)[O-])n1. The molecular weight excluding hydrogens is 236 g/mol. The van der Waals surface area contributed by atoms with Crippen molar-refractivity contribution in [2.75, 3.05) is 5.73 Å². The van der Waals surface area contributed by atoms with E-state index in [4.69, 9.17) is 21.9 Å². The third kappa shape index (κ3) is 1.68. The van der Waals surface area contributed by atoms with Crippen LogP contribution in [0.4, 0.5) is 11.6 Å². The molecule has 0 aliphatic heterocycles. The van der Waals surface area contributed by atoms with Crippen molar-refractivity contribution in [3.63, 3.8) is 0 Å². The normalized spacial score (nSPS) is 10.3. The molecule has 1 heterocycles. The highest BCUT2D eigenvalue weighted by molar-refractivity contribution is 6.33. The number of nitro benzene ring substituents is 1. The lowest BCUT2D eigenvalue weighted by molar-refractivity contribution is -0.384. The molecule has 1 aromatic carbocycles. The van der Waals surface area contributed by atoms with Crippen molar-refractivity contribution in [3.8, 4) is 11.5 Å². The predicted octanol–water partition coefficient (Wildman–Crippen LogP) is 1.88. The van der Waals surface area contributed by atoms with Gasteiger partial charge in [-0.2, -0.15) is 4.98 Å². The number of aromatic nitrogens is 2. The predicted molar refractivity (Wildman–Crippen MR) is 55.8 cm³/mol. The molecule has 0 saturated heterocycles. The summed E-state index contributed by atoms with van der Waals surface area (Å²) in [6.45, 7) is 0. The Kier molecular flexibility index (Phi) is 2.45. The van der Waals surface area contributed by atoms with Gasteiger partial charge in [0.25, 0.3) is 17.5 Å². The molecule has 2 N–H and O–H groups in total. The summed E-state index contributed by atoms with van der Waals surface area (Å²) in [7, 11) is 0. The average Bonchev–Trinajstić information content (AvgIpc) is 2.64. The van der Waals surface area contributed by atoms with Crippen LogP contribution in [-0.2, 0) is 0 Å². The Hall–Kier alpha value is -2.15. The van der Waals surface area contributed by atoms with E-state index in [1.54, 1.807) is 0 Å². The van der Waals surface area contributed by atoms with Crippen LogP contribution in [-0.4, -0.2) is 15.1 Å². The van der Waals surface area contributed by atoms with E-state index in [0.717, 1.165) is 0 Å². The van der Waals surface area contributed by atoms with Gasteiger partial charge in [0.15, 0.2) is 0 Å². The zero-order chi connectivity index (χ0) is 11.7. The van der Waals surface area contributed by atoms with Gasteiger partial charge in [0.05, 0.1) is 9.95 Å². The lowest BCUT2D eigenvalue weighted by Crippen LogP contribution is -1.93. The molecule has 16 heavy (non-hydrogen) atoms. The number of hydrogen-bond donors (Lipinski definition) is 1. The molecule has 0 bridgehead atoms. The Morgan fingerprint density at radius 1 is 1.50 bits per heavy atom. The first kappa shape index (κ1) is 10.4. The summed E-state index contributed by atoms with van der Waals surface area (Å²) in [4.78, 5) is 13.9. The van der Waals surface area contributed by atoms with Crippen molar-refractivity contribution < 1.29 is 9.45 Å².